The van der Waals surface area contributed by atoms with E-state index in [9.17, 15) is 4.79 Å². The molecule has 1 heterocycles. The van der Waals surface area contributed by atoms with Crippen molar-refractivity contribution in [3.05, 3.63) is 29.8 Å². The second-order valence-corrected chi connectivity index (χ2v) is 5.20. The van der Waals surface area contributed by atoms with Crippen molar-refractivity contribution in [3.63, 3.8) is 0 Å². The number of amides is 1. The van der Waals surface area contributed by atoms with Gasteiger partial charge in [0.05, 0.1) is 5.41 Å². The quantitative estimate of drug-likeness (QED) is 0.861. The molecule has 0 unspecified atom stereocenters. The number of aryl methyl sites for hydroxylation is 1. The number of nitrogens with one attached hydrogen (secondary N) is 2. The Morgan fingerprint density at radius 2 is 1.89 bits per heavy atom. The number of rotatable bonds is 3. The molecule has 3 nitrogen and oxygen atoms in total. The smallest absolute Gasteiger partial charge is 0.230 e. The molecule has 0 bridgehead atoms. The van der Waals surface area contributed by atoms with Gasteiger partial charge in [0.15, 0.2) is 0 Å². The molecule has 98 valence electrons. The highest BCUT2D eigenvalue weighted by atomic mass is 16.2. The van der Waals surface area contributed by atoms with Crippen LogP contribution in [0.4, 0.5) is 5.69 Å². The van der Waals surface area contributed by atoms with Gasteiger partial charge in [0.2, 0.25) is 5.91 Å². The molecular formula is C15H22N2O. The van der Waals surface area contributed by atoms with E-state index in [4.69, 9.17) is 0 Å². The highest BCUT2D eigenvalue weighted by molar-refractivity contribution is 5.95. The molecule has 2 rings (SSSR count). The molecule has 1 aliphatic heterocycles. The van der Waals surface area contributed by atoms with E-state index in [-0.39, 0.29) is 11.3 Å². The SMILES string of the molecule is CCC1(C(=O)Nc2ccc(C)cc2)CCNCC1. The summed E-state index contributed by atoms with van der Waals surface area (Å²) in [6.45, 7) is 6.04. The molecule has 0 aromatic heterocycles. The molecule has 0 saturated carbocycles. The molecule has 1 aromatic rings. The zero-order valence-electron chi connectivity index (χ0n) is 11.3. The minimum absolute atomic E-state index is 0.176. The van der Waals surface area contributed by atoms with Crippen molar-refractivity contribution in [1.29, 1.82) is 0 Å². The summed E-state index contributed by atoms with van der Waals surface area (Å²) in [6, 6.07) is 7.99. The monoisotopic (exact) mass is 246 g/mol. The maximum Gasteiger partial charge on any atom is 0.230 e. The summed E-state index contributed by atoms with van der Waals surface area (Å²) in [4.78, 5) is 12.5. The van der Waals surface area contributed by atoms with Crippen LogP contribution in [0.5, 0.6) is 0 Å². The molecular weight excluding hydrogens is 224 g/mol. The zero-order valence-corrected chi connectivity index (χ0v) is 11.3. The number of hydrogen-bond donors (Lipinski definition) is 2. The molecule has 0 aliphatic carbocycles. The third kappa shape index (κ3) is 2.72. The fraction of sp³-hybridized carbons (Fsp3) is 0.533. The maximum atomic E-state index is 12.5. The lowest BCUT2D eigenvalue weighted by molar-refractivity contribution is -0.127. The van der Waals surface area contributed by atoms with Gasteiger partial charge in [-0.05, 0) is 51.4 Å². The van der Waals surface area contributed by atoms with Crippen molar-refractivity contribution in [2.24, 2.45) is 5.41 Å². The van der Waals surface area contributed by atoms with Gasteiger partial charge in [-0.15, -0.1) is 0 Å². The number of hydrogen-bond acceptors (Lipinski definition) is 2. The predicted octanol–water partition coefficient (Wildman–Crippen LogP) is 2.71. The Labute approximate surface area is 109 Å². The van der Waals surface area contributed by atoms with Crippen LogP contribution >= 0.6 is 0 Å². The number of benzene rings is 1. The lowest BCUT2D eigenvalue weighted by Gasteiger charge is -2.35. The zero-order chi connectivity index (χ0) is 13.0. The second kappa shape index (κ2) is 5.53. The normalized spacial score (nSPS) is 18.3. The van der Waals surface area contributed by atoms with Crippen LogP contribution in [0, 0.1) is 12.3 Å². The first-order valence-electron chi connectivity index (χ1n) is 6.75. The van der Waals surface area contributed by atoms with Crippen molar-refractivity contribution in [3.8, 4) is 0 Å². The molecule has 1 amide bonds. The van der Waals surface area contributed by atoms with Gasteiger partial charge in [-0.1, -0.05) is 24.6 Å². The van der Waals surface area contributed by atoms with Crippen LogP contribution < -0.4 is 10.6 Å². The molecule has 0 spiro atoms. The Bertz CT molecular complexity index is 405. The van der Waals surface area contributed by atoms with E-state index >= 15 is 0 Å². The first-order valence-corrected chi connectivity index (χ1v) is 6.75. The van der Waals surface area contributed by atoms with Gasteiger partial charge in [-0.2, -0.15) is 0 Å². The van der Waals surface area contributed by atoms with Crippen LogP contribution in [0.15, 0.2) is 24.3 Å². The van der Waals surface area contributed by atoms with E-state index in [0.717, 1.165) is 38.0 Å². The highest BCUT2D eigenvalue weighted by Crippen LogP contribution is 2.33. The van der Waals surface area contributed by atoms with Crippen LogP contribution in [0.25, 0.3) is 0 Å². The lowest BCUT2D eigenvalue weighted by atomic mass is 9.76. The Hall–Kier alpha value is -1.35. The Kier molecular flexibility index (Phi) is 4.02. The minimum Gasteiger partial charge on any atom is -0.326 e. The van der Waals surface area contributed by atoms with Crippen LogP contribution in [-0.4, -0.2) is 19.0 Å². The van der Waals surface area contributed by atoms with E-state index in [0.29, 0.717) is 0 Å². The summed E-state index contributed by atoms with van der Waals surface area (Å²) in [5, 5.41) is 6.38. The predicted molar refractivity (Wildman–Crippen MR) is 74.6 cm³/mol. The Balaban J connectivity index is 2.07. The summed E-state index contributed by atoms with van der Waals surface area (Å²) in [6.07, 6.45) is 2.77. The Morgan fingerprint density at radius 3 is 2.44 bits per heavy atom. The van der Waals surface area contributed by atoms with Gasteiger partial charge in [0, 0.05) is 5.69 Å². The maximum absolute atomic E-state index is 12.5. The highest BCUT2D eigenvalue weighted by Gasteiger charge is 2.37. The fourth-order valence-corrected chi connectivity index (χ4v) is 2.55. The van der Waals surface area contributed by atoms with E-state index in [1.807, 2.05) is 31.2 Å². The molecule has 0 atom stereocenters. The molecule has 1 aromatic carbocycles. The van der Waals surface area contributed by atoms with Crippen molar-refractivity contribution < 1.29 is 4.79 Å². The van der Waals surface area contributed by atoms with Crippen molar-refractivity contribution in [1.82, 2.24) is 5.32 Å². The first-order chi connectivity index (χ1) is 8.66. The third-order valence-electron chi connectivity index (χ3n) is 4.03. The Morgan fingerprint density at radius 1 is 1.28 bits per heavy atom. The van der Waals surface area contributed by atoms with Crippen LogP contribution in [0.2, 0.25) is 0 Å². The molecule has 1 saturated heterocycles. The van der Waals surface area contributed by atoms with E-state index in [1.54, 1.807) is 0 Å². The van der Waals surface area contributed by atoms with Crippen LogP contribution in [0.3, 0.4) is 0 Å². The standard InChI is InChI=1S/C15H22N2O/c1-3-15(8-10-16-11-9-15)14(18)17-13-6-4-12(2)5-7-13/h4-7,16H,3,8-11H2,1-2H3,(H,17,18). The molecule has 2 N–H and O–H groups in total. The summed E-state index contributed by atoms with van der Waals surface area (Å²) in [7, 11) is 0. The van der Waals surface area contributed by atoms with Crippen molar-refractivity contribution in [2.45, 2.75) is 33.1 Å². The topological polar surface area (TPSA) is 41.1 Å². The molecule has 1 fully saturated rings. The summed E-state index contributed by atoms with van der Waals surface area (Å²) in [5.74, 6) is 0.176. The summed E-state index contributed by atoms with van der Waals surface area (Å²) in [5.41, 5.74) is 1.92. The van der Waals surface area contributed by atoms with Gasteiger partial charge in [-0.3, -0.25) is 4.79 Å². The van der Waals surface area contributed by atoms with Crippen molar-refractivity contribution in [2.75, 3.05) is 18.4 Å². The first kappa shape index (κ1) is 13.1. The summed E-state index contributed by atoms with van der Waals surface area (Å²) >= 11 is 0. The number of anilines is 1. The van der Waals surface area contributed by atoms with Gasteiger partial charge >= 0.3 is 0 Å². The molecule has 0 radical (unpaired) electrons. The fourth-order valence-electron chi connectivity index (χ4n) is 2.55. The third-order valence-corrected chi connectivity index (χ3v) is 4.03. The lowest BCUT2D eigenvalue weighted by Crippen LogP contribution is -2.44. The van der Waals surface area contributed by atoms with Gasteiger partial charge in [0.1, 0.15) is 0 Å². The van der Waals surface area contributed by atoms with Crippen LogP contribution in [-0.2, 0) is 4.79 Å². The van der Waals surface area contributed by atoms with E-state index in [2.05, 4.69) is 17.6 Å². The van der Waals surface area contributed by atoms with E-state index < -0.39 is 0 Å². The van der Waals surface area contributed by atoms with Crippen molar-refractivity contribution >= 4 is 11.6 Å². The van der Waals surface area contributed by atoms with Gasteiger partial charge in [0.25, 0.3) is 0 Å². The van der Waals surface area contributed by atoms with Gasteiger partial charge < -0.3 is 10.6 Å². The number of piperidine rings is 1. The second-order valence-electron chi connectivity index (χ2n) is 5.20. The van der Waals surface area contributed by atoms with Crippen LogP contribution in [0.1, 0.15) is 31.7 Å². The number of carbonyl (C=O) groups excluding carboxylic acids is 1. The summed E-state index contributed by atoms with van der Waals surface area (Å²) < 4.78 is 0. The van der Waals surface area contributed by atoms with Gasteiger partial charge in [-0.25, -0.2) is 0 Å². The molecule has 3 heteroatoms. The van der Waals surface area contributed by atoms with E-state index in [1.165, 1.54) is 5.56 Å². The molecule has 18 heavy (non-hydrogen) atoms. The average Bonchev–Trinajstić information content (AvgIpc) is 2.42. The molecule has 1 aliphatic rings. The minimum atomic E-state index is -0.184. The number of carbonyl (C=O) groups is 1. The largest absolute Gasteiger partial charge is 0.326 e. The average molecular weight is 246 g/mol.